The Balaban J connectivity index is 2.38. The molecule has 0 aliphatic carbocycles. The zero-order valence-electron chi connectivity index (χ0n) is 12.3. The number of hydrogen-bond donors (Lipinski definition) is 4. The molecule has 0 radical (unpaired) electrons. The van der Waals surface area contributed by atoms with Crippen LogP contribution in [0.4, 0.5) is 26.1 Å². The summed E-state index contributed by atoms with van der Waals surface area (Å²) in [6, 6.07) is 1.88. The number of carbonyl (C=O) groups excluding carboxylic acids is 1. The number of aromatic nitrogens is 2. The van der Waals surface area contributed by atoms with E-state index in [4.69, 9.17) is 11.5 Å². The maximum atomic E-state index is 14.0. The number of pyridine rings is 2. The monoisotopic (exact) mass is 322 g/mol. The maximum Gasteiger partial charge on any atom is 0.252 e. The van der Waals surface area contributed by atoms with Crippen LogP contribution in [0.15, 0.2) is 24.5 Å². The lowest BCUT2D eigenvalue weighted by Crippen LogP contribution is -2.26. The van der Waals surface area contributed by atoms with E-state index in [2.05, 4.69) is 20.6 Å². The third-order valence-corrected chi connectivity index (χ3v) is 2.80. The SMILES string of the molecule is C[C@H](N)CNc1nc(Nc2cncc(F)c2)c(C(N)=O)cc1F. The van der Waals surface area contributed by atoms with Gasteiger partial charge in [0, 0.05) is 18.7 Å². The molecule has 1 amide bonds. The summed E-state index contributed by atoms with van der Waals surface area (Å²) in [5.41, 5.74) is 10.9. The summed E-state index contributed by atoms with van der Waals surface area (Å²) in [6.07, 6.45) is 2.35. The Morgan fingerprint density at radius 3 is 2.65 bits per heavy atom. The number of nitrogens with two attached hydrogens (primary N) is 2. The highest BCUT2D eigenvalue weighted by molar-refractivity contribution is 5.98. The lowest BCUT2D eigenvalue weighted by atomic mass is 10.2. The van der Waals surface area contributed by atoms with Gasteiger partial charge in [0.15, 0.2) is 11.6 Å². The summed E-state index contributed by atoms with van der Waals surface area (Å²) in [7, 11) is 0. The first-order chi connectivity index (χ1) is 10.9. The predicted molar refractivity (Wildman–Crippen MR) is 82.3 cm³/mol. The Kier molecular flexibility index (Phi) is 5.02. The fourth-order valence-electron chi connectivity index (χ4n) is 1.77. The molecule has 7 nitrogen and oxygen atoms in total. The summed E-state index contributed by atoms with van der Waals surface area (Å²) in [5.74, 6) is -2.31. The van der Waals surface area contributed by atoms with Crippen molar-refractivity contribution in [2.45, 2.75) is 13.0 Å². The molecule has 0 fully saturated rings. The summed E-state index contributed by atoms with van der Waals surface area (Å²) < 4.78 is 27.2. The molecule has 1 atom stereocenters. The van der Waals surface area contributed by atoms with Crippen LogP contribution in [0, 0.1) is 11.6 Å². The number of nitrogens with zero attached hydrogens (tertiary/aromatic N) is 2. The van der Waals surface area contributed by atoms with Crippen molar-refractivity contribution in [1.29, 1.82) is 0 Å². The normalized spacial score (nSPS) is 11.8. The fraction of sp³-hybridized carbons (Fsp3) is 0.214. The van der Waals surface area contributed by atoms with E-state index in [1.54, 1.807) is 6.92 Å². The van der Waals surface area contributed by atoms with Crippen LogP contribution in [-0.2, 0) is 0 Å². The molecule has 0 spiro atoms. The highest BCUT2D eigenvalue weighted by atomic mass is 19.1. The number of halogens is 2. The van der Waals surface area contributed by atoms with Crippen LogP contribution < -0.4 is 22.1 Å². The minimum atomic E-state index is -0.873. The number of amides is 1. The van der Waals surface area contributed by atoms with Gasteiger partial charge in [0.05, 0.1) is 23.6 Å². The molecule has 2 aromatic rings. The summed E-state index contributed by atoms with van der Waals surface area (Å²) >= 11 is 0. The number of rotatable bonds is 6. The van der Waals surface area contributed by atoms with Crippen LogP contribution in [0.25, 0.3) is 0 Å². The minimum Gasteiger partial charge on any atom is -0.366 e. The van der Waals surface area contributed by atoms with Crippen molar-refractivity contribution in [2.75, 3.05) is 17.2 Å². The van der Waals surface area contributed by atoms with Crippen molar-refractivity contribution in [3.8, 4) is 0 Å². The fourth-order valence-corrected chi connectivity index (χ4v) is 1.77. The Labute approximate surface area is 131 Å². The minimum absolute atomic E-state index is 0.0153. The Morgan fingerprint density at radius 2 is 2.04 bits per heavy atom. The van der Waals surface area contributed by atoms with Crippen molar-refractivity contribution in [3.63, 3.8) is 0 Å². The number of hydrogen-bond acceptors (Lipinski definition) is 6. The van der Waals surface area contributed by atoms with Crippen LogP contribution in [0.2, 0.25) is 0 Å². The van der Waals surface area contributed by atoms with Gasteiger partial charge >= 0.3 is 0 Å². The first-order valence-electron chi connectivity index (χ1n) is 6.74. The van der Waals surface area contributed by atoms with Gasteiger partial charge in [-0.25, -0.2) is 13.8 Å². The molecule has 0 aliphatic heterocycles. The Bertz CT molecular complexity index is 722. The molecule has 2 heterocycles. The highest BCUT2D eigenvalue weighted by Crippen LogP contribution is 2.23. The second kappa shape index (κ2) is 6.97. The standard InChI is InChI=1S/C14H16F2N6O/c1-7(17)4-20-14-11(16)3-10(12(18)23)13(22-14)21-9-2-8(15)5-19-6-9/h2-3,5-7H,4,17H2,1H3,(H2,18,23)(H2,20,21,22)/t7-/m0/s1. The van der Waals surface area contributed by atoms with Gasteiger partial charge in [0.1, 0.15) is 11.6 Å². The number of nitrogens with one attached hydrogen (secondary N) is 2. The Morgan fingerprint density at radius 1 is 1.30 bits per heavy atom. The van der Waals surface area contributed by atoms with E-state index in [9.17, 15) is 13.6 Å². The topological polar surface area (TPSA) is 119 Å². The van der Waals surface area contributed by atoms with Gasteiger partial charge < -0.3 is 22.1 Å². The first kappa shape index (κ1) is 16.6. The molecular weight excluding hydrogens is 306 g/mol. The second-order valence-corrected chi connectivity index (χ2v) is 4.95. The number of carbonyl (C=O) groups is 1. The summed E-state index contributed by atoms with van der Waals surface area (Å²) in [6.45, 7) is 2.01. The quantitative estimate of drug-likeness (QED) is 0.637. The largest absolute Gasteiger partial charge is 0.366 e. The van der Waals surface area contributed by atoms with Crippen LogP contribution in [0.1, 0.15) is 17.3 Å². The van der Waals surface area contributed by atoms with E-state index < -0.39 is 17.5 Å². The molecule has 0 aliphatic rings. The molecular formula is C14H16F2N6O. The van der Waals surface area contributed by atoms with Gasteiger partial charge in [0.2, 0.25) is 0 Å². The first-order valence-corrected chi connectivity index (χ1v) is 6.74. The van der Waals surface area contributed by atoms with Gasteiger partial charge in [-0.05, 0) is 13.0 Å². The van der Waals surface area contributed by atoms with Crippen molar-refractivity contribution in [2.24, 2.45) is 11.5 Å². The average Bonchev–Trinajstić information content (AvgIpc) is 2.47. The zero-order chi connectivity index (χ0) is 17.0. The molecule has 23 heavy (non-hydrogen) atoms. The van der Waals surface area contributed by atoms with E-state index in [1.807, 2.05) is 0 Å². The molecule has 9 heteroatoms. The van der Waals surface area contributed by atoms with Crippen LogP contribution >= 0.6 is 0 Å². The smallest absolute Gasteiger partial charge is 0.252 e. The molecule has 122 valence electrons. The van der Waals surface area contributed by atoms with Gasteiger partial charge in [-0.2, -0.15) is 0 Å². The van der Waals surface area contributed by atoms with Gasteiger partial charge in [0.25, 0.3) is 5.91 Å². The second-order valence-electron chi connectivity index (χ2n) is 4.95. The van der Waals surface area contributed by atoms with Crippen molar-refractivity contribution in [1.82, 2.24) is 9.97 Å². The molecule has 0 saturated carbocycles. The third kappa shape index (κ3) is 4.33. The summed E-state index contributed by atoms with van der Waals surface area (Å²) in [5, 5.41) is 5.42. The molecule has 2 aromatic heterocycles. The van der Waals surface area contributed by atoms with Crippen LogP contribution in [0.3, 0.4) is 0 Å². The molecule has 2 rings (SSSR count). The average molecular weight is 322 g/mol. The molecule has 0 saturated heterocycles. The molecule has 0 unspecified atom stereocenters. The van der Waals surface area contributed by atoms with Gasteiger partial charge in [-0.1, -0.05) is 0 Å². The predicted octanol–water partition coefficient (Wildman–Crippen LogP) is 1.36. The van der Waals surface area contributed by atoms with Crippen LogP contribution in [-0.4, -0.2) is 28.5 Å². The molecule has 0 aromatic carbocycles. The zero-order valence-corrected chi connectivity index (χ0v) is 12.3. The maximum absolute atomic E-state index is 14.0. The molecule has 0 bridgehead atoms. The Hall–Kier alpha value is -2.81. The van der Waals surface area contributed by atoms with Crippen molar-refractivity contribution < 1.29 is 13.6 Å². The van der Waals surface area contributed by atoms with Crippen LogP contribution in [0.5, 0.6) is 0 Å². The van der Waals surface area contributed by atoms with Crippen molar-refractivity contribution in [3.05, 3.63) is 41.7 Å². The third-order valence-electron chi connectivity index (χ3n) is 2.80. The van der Waals surface area contributed by atoms with Crippen molar-refractivity contribution >= 4 is 23.2 Å². The van der Waals surface area contributed by atoms with E-state index in [0.29, 0.717) is 0 Å². The highest BCUT2D eigenvalue weighted by Gasteiger charge is 2.16. The van der Waals surface area contributed by atoms with E-state index >= 15 is 0 Å². The lowest BCUT2D eigenvalue weighted by Gasteiger charge is -2.14. The summed E-state index contributed by atoms with van der Waals surface area (Å²) in [4.78, 5) is 19.1. The van der Waals surface area contributed by atoms with E-state index in [1.165, 1.54) is 6.20 Å². The van der Waals surface area contributed by atoms with E-state index in [0.717, 1.165) is 18.3 Å². The van der Waals surface area contributed by atoms with Gasteiger partial charge in [-0.15, -0.1) is 0 Å². The lowest BCUT2D eigenvalue weighted by molar-refractivity contribution is 0.100. The number of anilines is 3. The van der Waals surface area contributed by atoms with E-state index in [-0.39, 0.29) is 35.5 Å². The van der Waals surface area contributed by atoms with Gasteiger partial charge in [-0.3, -0.25) is 9.78 Å². The molecule has 6 N–H and O–H groups in total. The number of primary amides is 1.